The minimum absolute atomic E-state index is 0.0288. The Hall–Kier alpha value is -2.06. The summed E-state index contributed by atoms with van der Waals surface area (Å²) < 4.78 is 0. The van der Waals surface area contributed by atoms with E-state index in [-0.39, 0.29) is 24.3 Å². The van der Waals surface area contributed by atoms with Crippen molar-refractivity contribution < 1.29 is 9.59 Å². The summed E-state index contributed by atoms with van der Waals surface area (Å²) in [6, 6.07) is 8.83. The zero-order chi connectivity index (χ0) is 15.2. The van der Waals surface area contributed by atoms with E-state index in [1.54, 1.807) is 29.2 Å². The van der Waals surface area contributed by atoms with Crippen LogP contribution in [-0.2, 0) is 4.79 Å². The molecule has 2 rings (SSSR count). The molecule has 21 heavy (non-hydrogen) atoms. The Bertz CT molecular complexity index is 575. The molecule has 6 heteroatoms. The summed E-state index contributed by atoms with van der Waals surface area (Å²) in [5.41, 5.74) is 0.506. The lowest BCUT2D eigenvalue weighted by atomic mass is 10.0. The number of likely N-dealkylation sites (tertiary alicyclic amines) is 1. The fraction of sp³-hybridized carbons (Fsp3) is 0.400. The van der Waals surface area contributed by atoms with Gasteiger partial charge in [-0.1, -0.05) is 23.7 Å². The lowest BCUT2D eigenvalue weighted by Crippen LogP contribution is -2.46. The lowest BCUT2D eigenvalue weighted by molar-refractivity contribution is -0.121. The van der Waals surface area contributed by atoms with Crippen molar-refractivity contribution >= 4 is 23.4 Å². The van der Waals surface area contributed by atoms with Crippen molar-refractivity contribution in [1.29, 1.82) is 5.26 Å². The SMILES string of the molecule is N#CCC(=O)NC1CCN(C(=O)c2ccccc2Cl)CC1. The Morgan fingerprint density at radius 3 is 2.62 bits per heavy atom. The van der Waals surface area contributed by atoms with Gasteiger partial charge in [0.25, 0.3) is 5.91 Å². The van der Waals surface area contributed by atoms with Crippen LogP contribution in [-0.4, -0.2) is 35.8 Å². The summed E-state index contributed by atoms with van der Waals surface area (Å²) in [5, 5.41) is 11.7. The number of nitrogens with one attached hydrogen (secondary N) is 1. The molecule has 0 unspecified atom stereocenters. The van der Waals surface area contributed by atoms with Crippen molar-refractivity contribution in [3.63, 3.8) is 0 Å². The van der Waals surface area contributed by atoms with Crippen LogP contribution in [0, 0.1) is 11.3 Å². The Kier molecular flexibility index (Phi) is 5.18. The zero-order valence-corrected chi connectivity index (χ0v) is 12.3. The second-order valence-corrected chi connectivity index (χ2v) is 5.36. The Morgan fingerprint density at radius 1 is 1.33 bits per heavy atom. The summed E-state index contributed by atoms with van der Waals surface area (Å²) in [5.74, 6) is -0.337. The Morgan fingerprint density at radius 2 is 2.00 bits per heavy atom. The highest BCUT2D eigenvalue weighted by Gasteiger charge is 2.25. The highest BCUT2D eigenvalue weighted by Crippen LogP contribution is 2.19. The first kappa shape index (κ1) is 15.3. The van der Waals surface area contributed by atoms with Gasteiger partial charge in [-0.3, -0.25) is 9.59 Å². The molecular weight excluding hydrogens is 290 g/mol. The Labute approximate surface area is 128 Å². The average Bonchev–Trinajstić information content (AvgIpc) is 2.48. The van der Waals surface area contributed by atoms with Crippen LogP contribution in [0.15, 0.2) is 24.3 Å². The third kappa shape index (κ3) is 3.96. The first-order chi connectivity index (χ1) is 10.1. The predicted octanol–water partition coefficient (Wildman–Crippen LogP) is 1.97. The van der Waals surface area contributed by atoms with Gasteiger partial charge in [-0.05, 0) is 25.0 Å². The molecule has 5 nitrogen and oxygen atoms in total. The van der Waals surface area contributed by atoms with Crippen LogP contribution in [0.1, 0.15) is 29.6 Å². The molecular formula is C15H16ClN3O2. The van der Waals surface area contributed by atoms with Crippen LogP contribution in [0.4, 0.5) is 0 Å². The molecule has 1 N–H and O–H groups in total. The van der Waals surface area contributed by atoms with Crippen molar-refractivity contribution in [2.24, 2.45) is 0 Å². The normalized spacial score (nSPS) is 15.3. The van der Waals surface area contributed by atoms with Gasteiger partial charge in [0.05, 0.1) is 16.7 Å². The van der Waals surface area contributed by atoms with Gasteiger partial charge in [0.1, 0.15) is 6.42 Å². The van der Waals surface area contributed by atoms with E-state index in [0.717, 1.165) is 0 Å². The number of hydrogen-bond donors (Lipinski definition) is 1. The second-order valence-electron chi connectivity index (χ2n) is 4.95. The molecule has 1 aromatic rings. The quantitative estimate of drug-likeness (QED) is 0.928. The molecule has 0 atom stereocenters. The van der Waals surface area contributed by atoms with Crippen molar-refractivity contribution in [3.8, 4) is 6.07 Å². The molecule has 1 aliphatic heterocycles. The van der Waals surface area contributed by atoms with E-state index in [1.165, 1.54) is 0 Å². The maximum Gasteiger partial charge on any atom is 0.255 e. The largest absolute Gasteiger partial charge is 0.352 e. The van der Waals surface area contributed by atoms with Crippen molar-refractivity contribution in [3.05, 3.63) is 34.9 Å². The van der Waals surface area contributed by atoms with Gasteiger partial charge in [-0.2, -0.15) is 5.26 Å². The molecule has 1 fully saturated rings. The summed E-state index contributed by atoms with van der Waals surface area (Å²) in [6.07, 6.45) is 1.25. The van der Waals surface area contributed by atoms with E-state index in [2.05, 4.69) is 5.32 Å². The van der Waals surface area contributed by atoms with Gasteiger partial charge in [-0.15, -0.1) is 0 Å². The van der Waals surface area contributed by atoms with Crippen LogP contribution < -0.4 is 5.32 Å². The van der Waals surface area contributed by atoms with E-state index in [1.807, 2.05) is 6.07 Å². The third-order valence-electron chi connectivity index (χ3n) is 3.49. The molecule has 0 aromatic heterocycles. The standard InChI is InChI=1S/C15H16ClN3O2/c16-13-4-2-1-3-12(13)15(21)19-9-6-11(7-10-19)18-14(20)5-8-17/h1-4,11H,5-7,9-10H2,(H,18,20). The van der Waals surface area contributed by atoms with E-state index in [0.29, 0.717) is 36.5 Å². The zero-order valence-electron chi connectivity index (χ0n) is 11.5. The van der Waals surface area contributed by atoms with Crippen LogP contribution in [0.25, 0.3) is 0 Å². The minimum Gasteiger partial charge on any atom is -0.352 e. The van der Waals surface area contributed by atoms with Gasteiger partial charge in [0.15, 0.2) is 0 Å². The molecule has 0 bridgehead atoms. The third-order valence-corrected chi connectivity index (χ3v) is 3.82. The van der Waals surface area contributed by atoms with Gasteiger partial charge in [0, 0.05) is 19.1 Å². The first-order valence-electron chi connectivity index (χ1n) is 6.82. The van der Waals surface area contributed by atoms with Crippen LogP contribution >= 0.6 is 11.6 Å². The number of carbonyl (C=O) groups is 2. The number of amides is 2. The second kappa shape index (κ2) is 7.09. The van der Waals surface area contributed by atoms with E-state index >= 15 is 0 Å². The molecule has 110 valence electrons. The van der Waals surface area contributed by atoms with Gasteiger partial charge in [-0.25, -0.2) is 0 Å². The molecule has 2 amide bonds. The number of hydrogen-bond acceptors (Lipinski definition) is 3. The van der Waals surface area contributed by atoms with Gasteiger partial charge in [0.2, 0.25) is 5.91 Å². The summed E-state index contributed by atoms with van der Waals surface area (Å²) in [4.78, 5) is 25.5. The number of benzene rings is 1. The summed E-state index contributed by atoms with van der Waals surface area (Å²) >= 11 is 6.04. The number of halogens is 1. The van der Waals surface area contributed by atoms with E-state index < -0.39 is 0 Å². The molecule has 0 saturated carbocycles. The summed E-state index contributed by atoms with van der Waals surface area (Å²) in [7, 11) is 0. The molecule has 0 spiro atoms. The maximum atomic E-state index is 12.4. The molecule has 0 aliphatic carbocycles. The molecule has 1 aromatic carbocycles. The number of rotatable bonds is 3. The van der Waals surface area contributed by atoms with E-state index in [4.69, 9.17) is 16.9 Å². The number of piperidine rings is 1. The molecule has 1 saturated heterocycles. The summed E-state index contributed by atoms with van der Waals surface area (Å²) in [6.45, 7) is 1.14. The van der Waals surface area contributed by atoms with Crippen LogP contribution in [0.5, 0.6) is 0 Å². The van der Waals surface area contributed by atoms with Gasteiger partial charge < -0.3 is 10.2 Å². The highest BCUT2D eigenvalue weighted by molar-refractivity contribution is 6.33. The van der Waals surface area contributed by atoms with Crippen LogP contribution in [0.3, 0.4) is 0 Å². The van der Waals surface area contributed by atoms with Crippen LogP contribution in [0.2, 0.25) is 5.02 Å². The number of carbonyl (C=O) groups excluding carboxylic acids is 2. The topological polar surface area (TPSA) is 73.2 Å². The fourth-order valence-electron chi connectivity index (χ4n) is 2.38. The average molecular weight is 306 g/mol. The van der Waals surface area contributed by atoms with E-state index in [9.17, 15) is 9.59 Å². The molecule has 1 aliphatic rings. The predicted molar refractivity (Wildman–Crippen MR) is 78.8 cm³/mol. The maximum absolute atomic E-state index is 12.4. The van der Waals surface area contributed by atoms with Gasteiger partial charge >= 0.3 is 0 Å². The number of nitrogens with zero attached hydrogens (tertiary/aromatic N) is 2. The number of nitriles is 1. The molecule has 0 radical (unpaired) electrons. The van der Waals surface area contributed by atoms with Crippen molar-refractivity contribution in [1.82, 2.24) is 10.2 Å². The van der Waals surface area contributed by atoms with Crippen molar-refractivity contribution in [2.75, 3.05) is 13.1 Å². The first-order valence-corrected chi connectivity index (χ1v) is 7.19. The minimum atomic E-state index is -0.256. The fourth-order valence-corrected chi connectivity index (χ4v) is 2.60. The van der Waals surface area contributed by atoms with Crippen molar-refractivity contribution in [2.45, 2.75) is 25.3 Å². The monoisotopic (exact) mass is 305 g/mol. The smallest absolute Gasteiger partial charge is 0.255 e. The molecule has 1 heterocycles. The Balaban J connectivity index is 1.90. The lowest BCUT2D eigenvalue weighted by Gasteiger charge is -2.32. The highest BCUT2D eigenvalue weighted by atomic mass is 35.5.